The first kappa shape index (κ1) is 16.3. The lowest BCUT2D eigenvalue weighted by atomic mass is 10.1. The number of rotatable bonds is 5. The predicted molar refractivity (Wildman–Crippen MR) is 99.7 cm³/mol. The van der Waals surface area contributed by atoms with Gasteiger partial charge in [-0.3, -0.25) is 0 Å². The molecule has 0 amide bonds. The molecule has 3 heteroatoms. The smallest absolute Gasteiger partial charge is 0.119 e. The first-order valence-electron chi connectivity index (χ1n) is 8.35. The van der Waals surface area contributed by atoms with E-state index in [2.05, 4.69) is 73.3 Å². The molecular formula is C20H25NOS. The second kappa shape index (κ2) is 7.31. The molecule has 1 aliphatic heterocycles. The minimum absolute atomic E-state index is 0.573. The van der Waals surface area contributed by atoms with Crippen molar-refractivity contribution in [1.82, 2.24) is 0 Å². The highest BCUT2D eigenvalue weighted by Gasteiger charge is 2.38. The fourth-order valence-electron chi connectivity index (χ4n) is 3.48. The first-order valence-corrected chi connectivity index (χ1v) is 9.23. The Labute approximate surface area is 143 Å². The van der Waals surface area contributed by atoms with Gasteiger partial charge in [0.15, 0.2) is 0 Å². The molecule has 1 fully saturated rings. The molecule has 3 rings (SSSR count). The highest BCUT2D eigenvalue weighted by atomic mass is 32.2. The Morgan fingerprint density at radius 3 is 2.39 bits per heavy atom. The fraction of sp³-hybridized carbons (Fsp3) is 0.400. The summed E-state index contributed by atoms with van der Waals surface area (Å²) < 4.78 is 5.28. The maximum Gasteiger partial charge on any atom is 0.119 e. The first-order chi connectivity index (χ1) is 11.2. The van der Waals surface area contributed by atoms with Crippen molar-refractivity contribution in [1.29, 1.82) is 0 Å². The van der Waals surface area contributed by atoms with E-state index >= 15 is 0 Å². The van der Waals surface area contributed by atoms with Crippen molar-refractivity contribution < 1.29 is 4.74 Å². The summed E-state index contributed by atoms with van der Waals surface area (Å²) in [7, 11) is 1.72. The van der Waals surface area contributed by atoms with Crippen LogP contribution in [-0.2, 0) is 0 Å². The zero-order chi connectivity index (χ0) is 16.2. The fourth-order valence-corrected chi connectivity index (χ4v) is 4.92. The standard InChI is InChI=1S/C20H25NOS/c1-4-19-20(23-18-8-6-5-7-9-18)15(2)14-21(19)16-10-12-17(22-3)13-11-16/h5-13,15,19-20H,4,14H2,1-3H3/t15-,19+,20-/m0/s1. The van der Waals surface area contributed by atoms with Crippen LogP contribution < -0.4 is 9.64 Å². The van der Waals surface area contributed by atoms with Crippen LogP contribution in [0, 0.1) is 5.92 Å². The third-order valence-corrected chi connectivity index (χ3v) is 6.26. The summed E-state index contributed by atoms with van der Waals surface area (Å²) in [4.78, 5) is 3.95. The van der Waals surface area contributed by atoms with Crippen molar-refractivity contribution in [3.05, 3.63) is 54.6 Å². The quantitative estimate of drug-likeness (QED) is 0.759. The molecule has 1 saturated heterocycles. The van der Waals surface area contributed by atoms with E-state index in [-0.39, 0.29) is 0 Å². The Bertz CT molecular complexity index is 613. The van der Waals surface area contributed by atoms with Crippen LogP contribution in [0.2, 0.25) is 0 Å². The van der Waals surface area contributed by atoms with Crippen molar-refractivity contribution >= 4 is 17.4 Å². The lowest BCUT2D eigenvalue weighted by Crippen LogP contribution is -2.33. The van der Waals surface area contributed by atoms with Gasteiger partial charge >= 0.3 is 0 Å². The highest BCUT2D eigenvalue weighted by Crippen LogP contribution is 2.41. The molecule has 122 valence electrons. The molecule has 2 aromatic carbocycles. The Kier molecular flexibility index (Phi) is 5.16. The molecule has 1 heterocycles. The van der Waals surface area contributed by atoms with Crippen LogP contribution in [0.25, 0.3) is 0 Å². The van der Waals surface area contributed by atoms with Gasteiger partial charge in [-0.05, 0) is 48.7 Å². The lowest BCUT2D eigenvalue weighted by molar-refractivity contribution is 0.415. The maximum absolute atomic E-state index is 5.28. The molecule has 0 N–H and O–H groups in total. The molecule has 0 aromatic heterocycles. The van der Waals surface area contributed by atoms with Gasteiger partial charge in [0.25, 0.3) is 0 Å². The van der Waals surface area contributed by atoms with Gasteiger partial charge in [-0.1, -0.05) is 32.0 Å². The Hall–Kier alpha value is -1.61. The van der Waals surface area contributed by atoms with Crippen molar-refractivity contribution in [2.24, 2.45) is 5.92 Å². The van der Waals surface area contributed by atoms with E-state index in [1.54, 1.807) is 7.11 Å². The number of methoxy groups -OCH3 is 1. The lowest BCUT2D eigenvalue weighted by Gasteiger charge is -2.29. The number of hydrogen-bond donors (Lipinski definition) is 0. The molecule has 2 aromatic rings. The van der Waals surface area contributed by atoms with E-state index in [0.29, 0.717) is 17.2 Å². The number of ether oxygens (including phenoxy) is 1. The Balaban J connectivity index is 1.80. The number of benzene rings is 2. The molecule has 0 spiro atoms. The van der Waals surface area contributed by atoms with Gasteiger partial charge in [0.05, 0.1) is 7.11 Å². The average molecular weight is 327 g/mol. The SMILES string of the molecule is CC[C@@H]1[C@@H](Sc2ccccc2)[C@@H](C)CN1c1ccc(OC)cc1. The molecule has 0 saturated carbocycles. The zero-order valence-corrected chi connectivity index (χ0v) is 14.9. The average Bonchev–Trinajstić information content (AvgIpc) is 2.92. The Morgan fingerprint density at radius 1 is 1.09 bits per heavy atom. The van der Waals surface area contributed by atoms with Crippen LogP contribution in [0.3, 0.4) is 0 Å². The molecule has 23 heavy (non-hydrogen) atoms. The van der Waals surface area contributed by atoms with Gasteiger partial charge in [0.2, 0.25) is 0 Å². The van der Waals surface area contributed by atoms with E-state index in [1.807, 2.05) is 11.8 Å². The molecule has 0 unspecified atom stereocenters. The molecule has 0 aliphatic carbocycles. The van der Waals surface area contributed by atoms with Gasteiger partial charge in [-0.25, -0.2) is 0 Å². The van der Waals surface area contributed by atoms with Crippen LogP contribution in [-0.4, -0.2) is 24.9 Å². The van der Waals surface area contributed by atoms with Crippen LogP contribution in [0.1, 0.15) is 20.3 Å². The summed E-state index contributed by atoms with van der Waals surface area (Å²) in [5, 5.41) is 0.629. The Morgan fingerprint density at radius 2 is 1.78 bits per heavy atom. The predicted octanol–water partition coefficient (Wildman–Crippen LogP) is 5.09. The summed E-state index contributed by atoms with van der Waals surface area (Å²) in [6.45, 7) is 5.81. The largest absolute Gasteiger partial charge is 0.497 e. The van der Waals surface area contributed by atoms with Crippen molar-refractivity contribution in [3.63, 3.8) is 0 Å². The van der Waals surface area contributed by atoms with Gasteiger partial charge in [-0.15, -0.1) is 11.8 Å². The van der Waals surface area contributed by atoms with Crippen LogP contribution in [0.5, 0.6) is 5.75 Å². The van der Waals surface area contributed by atoms with Crippen molar-refractivity contribution in [3.8, 4) is 5.75 Å². The van der Waals surface area contributed by atoms with Crippen molar-refractivity contribution in [2.75, 3.05) is 18.6 Å². The third kappa shape index (κ3) is 3.50. The summed E-state index contributed by atoms with van der Waals surface area (Å²) in [6, 6.07) is 19.9. The maximum atomic E-state index is 5.28. The summed E-state index contributed by atoms with van der Waals surface area (Å²) in [6.07, 6.45) is 1.17. The summed E-state index contributed by atoms with van der Waals surface area (Å²) in [5.74, 6) is 1.59. The number of anilines is 1. The van der Waals surface area contributed by atoms with Gasteiger partial charge < -0.3 is 9.64 Å². The number of thioether (sulfide) groups is 1. The summed E-state index contributed by atoms with van der Waals surface area (Å²) >= 11 is 2.03. The van der Waals surface area contributed by atoms with Crippen molar-refractivity contribution in [2.45, 2.75) is 36.5 Å². The normalized spacial score (nSPS) is 24.0. The monoisotopic (exact) mass is 327 g/mol. The van der Waals surface area contributed by atoms with E-state index in [1.165, 1.54) is 17.0 Å². The zero-order valence-electron chi connectivity index (χ0n) is 14.1. The highest BCUT2D eigenvalue weighted by molar-refractivity contribution is 8.00. The van der Waals surface area contributed by atoms with E-state index < -0.39 is 0 Å². The molecule has 0 radical (unpaired) electrons. The minimum atomic E-state index is 0.573. The van der Waals surface area contributed by atoms with Gasteiger partial charge in [0.1, 0.15) is 5.75 Å². The molecule has 1 aliphatic rings. The van der Waals surface area contributed by atoms with Crippen LogP contribution in [0.15, 0.2) is 59.5 Å². The number of nitrogens with zero attached hydrogens (tertiary/aromatic N) is 1. The molecule has 3 atom stereocenters. The number of hydrogen-bond acceptors (Lipinski definition) is 3. The second-order valence-corrected chi connectivity index (χ2v) is 7.45. The summed E-state index contributed by atoms with van der Waals surface area (Å²) in [5.41, 5.74) is 1.31. The molecule has 0 bridgehead atoms. The van der Waals surface area contributed by atoms with E-state index in [9.17, 15) is 0 Å². The molecule has 2 nitrogen and oxygen atoms in total. The van der Waals surface area contributed by atoms with E-state index in [4.69, 9.17) is 4.74 Å². The third-order valence-electron chi connectivity index (χ3n) is 4.66. The van der Waals surface area contributed by atoms with Crippen LogP contribution in [0.4, 0.5) is 5.69 Å². The van der Waals surface area contributed by atoms with Gasteiger partial charge in [-0.2, -0.15) is 0 Å². The van der Waals surface area contributed by atoms with E-state index in [0.717, 1.165) is 12.3 Å². The molecular weight excluding hydrogens is 302 g/mol. The topological polar surface area (TPSA) is 12.5 Å². The van der Waals surface area contributed by atoms with Gasteiger partial charge in [0, 0.05) is 28.4 Å². The van der Waals surface area contributed by atoms with Crippen LogP contribution >= 0.6 is 11.8 Å². The minimum Gasteiger partial charge on any atom is -0.497 e. The second-order valence-electron chi connectivity index (χ2n) is 6.20.